The number of halogens is 2. The van der Waals surface area contributed by atoms with Crippen LogP contribution in [0.2, 0.25) is 0 Å². The predicted molar refractivity (Wildman–Crippen MR) is 75.9 cm³/mol. The van der Waals surface area contributed by atoms with E-state index >= 15 is 0 Å². The molecule has 0 atom stereocenters. The smallest absolute Gasteiger partial charge is 0.323 e. The first-order valence-electron chi connectivity index (χ1n) is 5.47. The summed E-state index contributed by atoms with van der Waals surface area (Å²) in [6.07, 6.45) is 0.595. The number of rotatable bonds is 6. The number of anilines is 1. The van der Waals surface area contributed by atoms with Gasteiger partial charge in [-0.3, -0.25) is 14.9 Å². The SMILES string of the molecule is CCCN(CC(=O)O)c1cc(F)c(I)cc1[N+](=O)[O-]. The summed E-state index contributed by atoms with van der Waals surface area (Å²) < 4.78 is 13.7. The van der Waals surface area contributed by atoms with E-state index in [4.69, 9.17) is 5.11 Å². The highest BCUT2D eigenvalue weighted by Gasteiger charge is 2.23. The molecule has 6 nitrogen and oxygen atoms in total. The molecule has 104 valence electrons. The van der Waals surface area contributed by atoms with Crippen molar-refractivity contribution in [1.29, 1.82) is 0 Å². The number of benzene rings is 1. The maximum Gasteiger partial charge on any atom is 0.323 e. The van der Waals surface area contributed by atoms with E-state index in [2.05, 4.69) is 0 Å². The lowest BCUT2D eigenvalue weighted by Gasteiger charge is -2.22. The van der Waals surface area contributed by atoms with Crippen molar-refractivity contribution in [2.75, 3.05) is 18.0 Å². The summed E-state index contributed by atoms with van der Waals surface area (Å²) in [6.45, 7) is 1.70. The molecule has 0 radical (unpaired) electrons. The van der Waals surface area contributed by atoms with Crippen molar-refractivity contribution < 1.29 is 19.2 Å². The summed E-state index contributed by atoms with van der Waals surface area (Å²) >= 11 is 1.66. The molecule has 0 amide bonds. The molecule has 0 aliphatic heterocycles. The molecule has 8 heteroatoms. The minimum Gasteiger partial charge on any atom is -0.480 e. The molecule has 0 spiro atoms. The molecule has 0 fully saturated rings. The van der Waals surface area contributed by atoms with Gasteiger partial charge in [0.1, 0.15) is 18.0 Å². The number of nitro groups is 1. The highest BCUT2D eigenvalue weighted by atomic mass is 127. The maximum atomic E-state index is 13.6. The highest BCUT2D eigenvalue weighted by Crippen LogP contribution is 2.31. The van der Waals surface area contributed by atoms with Gasteiger partial charge in [-0.15, -0.1) is 0 Å². The molecule has 1 N–H and O–H groups in total. The molecule has 0 heterocycles. The lowest BCUT2D eigenvalue weighted by atomic mass is 10.2. The second-order valence-electron chi connectivity index (χ2n) is 3.83. The van der Waals surface area contributed by atoms with Crippen molar-refractivity contribution in [2.24, 2.45) is 0 Å². The van der Waals surface area contributed by atoms with E-state index in [1.54, 1.807) is 22.6 Å². The van der Waals surface area contributed by atoms with Gasteiger partial charge in [-0.1, -0.05) is 6.92 Å². The third-order valence-electron chi connectivity index (χ3n) is 2.37. The fourth-order valence-corrected chi connectivity index (χ4v) is 2.09. The summed E-state index contributed by atoms with van der Waals surface area (Å²) in [6, 6.07) is 2.12. The predicted octanol–water partition coefficient (Wildman–Crippen LogP) is 2.64. The number of hydrogen-bond acceptors (Lipinski definition) is 4. The van der Waals surface area contributed by atoms with Gasteiger partial charge in [0.25, 0.3) is 5.69 Å². The molecule has 1 aromatic carbocycles. The Bertz CT molecular complexity index is 510. The topological polar surface area (TPSA) is 83.7 Å². The van der Waals surface area contributed by atoms with Crippen LogP contribution in [0.15, 0.2) is 12.1 Å². The minimum absolute atomic E-state index is 0.00725. The maximum absolute atomic E-state index is 13.6. The van der Waals surface area contributed by atoms with Crippen molar-refractivity contribution in [3.05, 3.63) is 31.6 Å². The Morgan fingerprint density at radius 3 is 2.68 bits per heavy atom. The quantitative estimate of drug-likeness (QED) is 0.465. The number of carboxylic acid groups (broad SMARTS) is 1. The van der Waals surface area contributed by atoms with Crippen LogP contribution in [-0.4, -0.2) is 29.1 Å². The largest absolute Gasteiger partial charge is 0.480 e. The van der Waals surface area contributed by atoms with Crippen molar-refractivity contribution >= 4 is 39.9 Å². The summed E-state index contributed by atoms with van der Waals surface area (Å²) in [5.41, 5.74) is -0.298. The van der Waals surface area contributed by atoms with Gasteiger partial charge in [0.2, 0.25) is 0 Å². The van der Waals surface area contributed by atoms with Gasteiger partial charge in [-0.05, 0) is 29.0 Å². The Morgan fingerprint density at radius 2 is 2.21 bits per heavy atom. The first-order valence-corrected chi connectivity index (χ1v) is 6.54. The van der Waals surface area contributed by atoms with Gasteiger partial charge in [0, 0.05) is 18.7 Å². The van der Waals surface area contributed by atoms with E-state index in [0.29, 0.717) is 13.0 Å². The molecule has 0 bridgehead atoms. The van der Waals surface area contributed by atoms with Crippen LogP contribution in [0, 0.1) is 19.5 Å². The number of hydrogen-bond donors (Lipinski definition) is 1. The molecular formula is C11H12FIN2O4. The number of nitrogens with zero attached hydrogens (tertiary/aromatic N) is 2. The van der Waals surface area contributed by atoms with Crippen LogP contribution < -0.4 is 4.90 Å². The van der Waals surface area contributed by atoms with Crippen molar-refractivity contribution in [3.8, 4) is 0 Å². The molecule has 0 aliphatic rings. The fourth-order valence-electron chi connectivity index (χ4n) is 1.64. The minimum atomic E-state index is -1.12. The third-order valence-corrected chi connectivity index (χ3v) is 3.20. The average molecular weight is 382 g/mol. The van der Waals surface area contributed by atoms with Gasteiger partial charge in [0.05, 0.1) is 8.49 Å². The summed E-state index contributed by atoms with van der Waals surface area (Å²) in [5.74, 6) is -1.73. The number of aliphatic carboxylic acids is 1. The van der Waals surface area contributed by atoms with E-state index in [1.165, 1.54) is 4.90 Å². The molecule has 1 aromatic rings. The molecule has 0 unspecified atom stereocenters. The van der Waals surface area contributed by atoms with Crippen molar-refractivity contribution in [2.45, 2.75) is 13.3 Å². The number of carbonyl (C=O) groups is 1. The van der Waals surface area contributed by atoms with Crippen LogP contribution in [0.4, 0.5) is 15.8 Å². The van der Waals surface area contributed by atoms with Gasteiger partial charge < -0.3 is 10.0 Å². The van der Waals surface area contributed by atoms with E-state index in [-0.39, 0.29) is 14.9 Å². The number of carboxylic acids is 1. The first kappa shape index (κ1) is 15.6. The molecule has 1 rings (SSSR count). The van der Waals surface area contributed by atoms with Crippen molar-refractivity contribution in [1.82, 2.24) is 0 Å². The van der Waals surface area contributed by atoms with Crippen LogP contribution in [0.3, 0.4) is 0 Å². The lowest BCUT2D eigenvalue weighted by Crippen LogP contribution is -2.31. The summed E-state index contributed by atoms with van der Waals surface area (Å²) in [4.78, 5) is 22.4. The van der Waals surface area contributed by atoms with Gasteiger partial charge >= 0.3 is 5.97 Å². The Kier molecular flexibility index (Phi) is 5.45. The molecule has 0 aliphatic carbocycles. The third kappa shape index (κ3) is 4.01. The van der Waals surface area contributed by atoms with Gasteiger partial charge in [-0.25, -0.2) is 4.39 Å². The molecule has 0 saturated carbocycles. The van der Waals surface area contributed by atoms with E-state index in [9.17, 15) is 19.3 Å². The van der Waals surface area contributed by atoms with Gasteiger partial charge in [0.15, 0.2) is 0 Å². The average Bonchev–Trinajstić information content (AvgIpc) is 2.30. The summed E-state index contributed by atoms with van der Waals surface area (Å²) in [5, 5.41) is 19.8. The Balaban J connectivity index is 3.30. The standard InChI is InChI=1S/C11H12FIN2O4/c1-2-3-14(6-11(16)17)9-4-7(12)8(13)5-10(9)15(18)19/h4-5H,2-3,6H2,1H3,(H,16,17). The van der Waals surface area contributed by atoms with Gasteiger partial charge in [-0.2, -0.15) is 0 Å². The molecule has 0 saturated heterocycles. The zero-order chi connectivity index (χ0) is 14.6. The second kappa shape index (κ2) is 6.64. The molecule has 19 heavy (non-hydrogen) atoms. The number of nitro benzene ring substituents is 1. The van der Waals surface area contributed by atoms with Crippen LogP contribution in [0.5, 0.6) is 0 Å². The molecular weight excluding hydrogens is 370 g/mol. The highest BCUT2D eigenvalue weighted by molar-refractivity contribution is 14.1. The monoisotopic (exact) mass is 382 g/mol. The summed E-state index contributed by atoms with van der Waals surface area (Å²) in [7, 11) is 0. The van der Waals surface area contributed by atoms with Crippen LogP contribution in [0.25, 0.3) is 0 Å². The van der Waals surface area contributed by atoms with E-state index in [1.807, 2.05) is 6.92 Å². The fraction of sp³-hybridized carbons (Fsp3) is 0.364. The Labute approximate surface area is 122 Å². The Morgan fingerprint density at radius 1 is 1.58 bits per heavy atom. The van der Waals surface area contributed by atoms with E-state index < -0.39 is 23.3 Å². The first-order chi connectivity index (χ1) is 8.86. The van der Waals surface area contributed by atoms with Crippen LogP contribution in [-0.2, 0) is 4.79 Å². The normalized spacial score (nSPS) is 10.3. The zero-order valence-corrected chi connectivity index (χ0v) is 12.3. The second-order valence-corrected chi connectivity index (χ2v) is 4.99. The molecule has 0 aromatic heterocycles. The Hall–Kier alpha value is -1.45. The van der Waals surface area contributed by atoms with Crippen molar-refractivity contribution in [3.63, 3.8) is 0 Å². The zero-order valence-electron chi connectivity index (χ0n) is 10.1. The van der Waals surface area contributed by atoms with E-state index in [0.717, 1.165) is 12.1 Å². The lowest BCUT2D eigenvalue weighted by molar-refractivity contribution is -0.384. The van der Waals surface area contributed by atoms with Crippen LogP contribution in [0.1, 0.15) is 13.3 Å². The van der Waals surface area contributed by atoms with Crippen LogP contribution >= 0.6 is 22.6 Å².